The molecule has 0 aliphatic carbocycles. The van der Waals surface area contributed by atoms with E-state index in [1.165, 1.54) is 31.0 Å². The summed E-state index contributed by atoms with van der Waals surface area (Å²) in [5.41, 5.74) is 0.169. The van der Waals surface area contributed by atoms with Crippen molar-refractivity contribution in [3.8, 4) is 0 Å². The van der Waals surface area contributed by atoms with Gasteiger partial charge < -0.3 is 15.2 Å². The minimum atomic E-state index is -1.18. The third kappa shape index (κ3) is 4.28. The van der Waals surface area contributed by atoms with E-state index in [4.69, 9.17) is 33.0 Å². The van der Waals surface area contributed by atoms with Crippen LogP contribution in [0.3, 0.4) is 0 Å². The summed E-state index contributed by atoms with van der Waals surface area (Å²) < 4.78 is 4.74. The van der Waals surface area contributed by atoms with E-state index < -0.39 is 17.9 Å². The Bertz CT molecular complexity index is 524. The van der Waals surface area contributed by atoms with Crippen LogP contribution in [-0.2, 0) is 9.53 Å². The number of carboxylic acid groups (broad SMARTS) is 1. The molecule has 2 N–H and O–H groups in total. The molecule has 1 rings (SSSR count). The molecule has 0 radical (unpaired) electrons. The maximum absolute atomic E-state index is 12.1. The number of methoxy groups -OCH3 is 1. The first-order valence-corrected chi connectivity index (χ1v) is 7.44. The second-order valence-corrected chi connectivity index (χ2v) is 5.45. The third-order valence-corrected chi connectivity index (χ3v) is 3.94. The summed E-state index contributed by atoms with van der Waals surface area (Å²) in [6.07, 6.45) is 1.81. The average Bonchev–Trinajstić information content (AvgIpc) is 2.38. The number of halogens is 2. The van der Waals surface area contributed by atoms with E-state index in [1.807, 2.05) is 6.26 Å². The van der Waals surface area contributed by atoms with Gasteiger partial charge in [0.1, 0.15) is 0 Å². The first-order valence-electron chi connectivity index (χ1n) is 5.46. The second kappa shape index (κ2) is 7.73. The lowest BCUT2D eigenvalue weighted by Gasteiger charge is -2.15. The van der Waals surface area contributed by atoms with Gasteiger partial charge in [0.05, 0.1) is 22.2 Å². The van der Waals surface area contributed by atoms with E-state index in [9.17, 15) is 9.59 Å². The van der Waals surface area contributed by atoms with Crippen molar-refractivity contribution in [2.45, 2.75) is 10.9 Å². The Kier molecular flexibility index (Phi) is 6.61. The highest BCUT2D eigenvalue weighted by Crippen LogP contribution is 2.31. The normalized spacial score (nSPS) is 12.0. The summed E-state index contributed by atoms with van der Waals surface area (Å²) in [5, 5.41) is 11.9. The molecule has 110 valence electrons. The van der Waals surface area contributed by atoms with Gasteiger partial charge in [0.15, 0.2) is 6.04 Å². The molecule has 0 saturated heterocycles. The van der Waals surface area contributed by atoms with Crippen LogP contribution in [0.15, 0.2) is 17.0 Å². The molecule has 0 aliphatic rings. The van der Waals surface area contributed by atoms with Gasteiger partial charge in [-0.05, 0) is 18.4 Å². The Morgan fingerprint density at radius 3 is 2.55 bits per heavy atom. The number of aliphatic carboxylic acids is 1. The highest BCUT2D eigenvalue weighted by atomic mass is 35.5. The molecule has 0 fully saturated rings. The Labute approximate surface area is 130 Å². The Morgan fingerprint density at radius 2 is 2.05 bits per heavy atom. The molecule has 1 atom stereocenters. The molecule has 0 saturated carbocycles. The van der Waals surface area contributed by atoms with Gasteiger partial charge in [-0.2, -0.15) is 0 Å². The fraction of sp³-hybridized carbons (Fsp3) is 0.333. The number of benzene rings is 1. The number of carbonyl (C=O) groups is 2. The molecule has 1 unspecified atom stereocenters. The minimum absolute atomic E-state index is 0.137. The van der Waals surface area contributed by atoms with Crippen LogP contribution in [-0.4, -0.2) is 43.0 Å². The molecular weight excluding hydrogens is 325 g/mol. The molecule has 20 heavy (non-hydrogen) atoms. The molecule has 1 aromatic carbocycles. The molecule has 8 heteroatoms. The number of ether oxygens (including phenoxy) is 1. The molecular formula is C12H13Cl2NO4S. The van der Waals surface area contributed by atoms with Crippen LogP contribution in [0.2, 0.25) is 10.0 Å². The molecule has 0 aliphatic heterocycles. The summed E-state index contributed by atoms with van der Waals surface area (Å²) in [7, 11) is 1.35. The SMILES string of the molecule is COCC(NC(=O)c1cc(SC)c(Cl)cc1Cl)C(=O)O. The van der Waals surface area contributed by atoms with Crippen LogP contribution >= 0.6 is 35.0 Å². The molecule has 1 amide bonds. The number of rotatable bonds is 6. The first kappa shape index (κ1) is 17.1. The topological polar surface area (TPSA) is 75.6 Å². The van der Waals surface area contributed by atoms with Gasteiger partial charge in [0, 0.05) is 12.0 Å². The zero-order valence-corrected chi connectivity index (χ0v) is 13.1. The molecule has 0 spiro atoms. The number of amides is 1. The Hall–Kier alpha value is -0.950. The number of hydrogen-bond acceptors (Lipinski definition) is 4. The number of thioether (sulfide) groups is 1. The van der Waals surface area contributed by atoms with Gasteiger partial charge in [-0.15, -0.1) is 11.8 Å². The fourth-order valence-electron chi connectivity index (χ4n) is 1.44. The van der Waals surface area contributed by atoms with Crippen molar-refractivity contribution in [1.29, 1.82) is 0 Å². The monoisotopic (exact) mass is 337 g/mol. The zero-order valence-electron chi connectivity index (χ0n) is 10.8. The number of hydrogen-bond donors (Lipinski definition) is 2. The van der Waals surface area contributed by atoms with Gasteiger partial charge in [-0.1, -0.05) is 23.2 Å². The predicted molar refractivity (Wildman–Crippen MR) is 79.0 cm³/mol. The highest BCUT2D eigenvalue weighted by molar-refractivity contribution is 7.98. The van der Waals surface area contributed by atoms with E-state index in [2.05, 4.69) is 5.32 Å². The maximum atomic E-state index is 12.1. The first-order chi connectivity index (χ1) is 9.40. The maximum Gasteiger partial charge on any atom is 0.328 e. The quantitative estimate of drug-likeness (QED) is 0.780. The van der Waals surface area contributed by atoms with Crippen molar-refractivity contribution in [2.75, 3.05) is 20.0 Å². The number of carbonyl (C=O) groups excluding carboxylic acids is 1. The molecule has 0 bridgehead atoms. The van der Waals surface area contributed by atoms with Gasteiger partial charge in [-0.25, -0.2) is 4.79 Å². The molecule has 0 aromatic heterocycles. The van der Waals surface area contributed by atoms with Crippen LogP contribution in [0.4, 0.5) is 0 Å². The van der Waals surface area contributed by atoms with Gasteiger partial charge in [0.2, 0.25) is 0 Å². The third-order valence-electron chi connectivity index (χ3n) is 2.42. The van der Waals surface area contributed by atoms with Gasteiger partial charge in [-0.3, -0.25) is 4.79 Å². The minimum Gasteiger partial charge on any atom is -0.480 e. The highest BCUT2D eigenvalue weighted by Gasteiger charge is 2.22. The Balaban J connectivity index is 2.99. The standard InChI is InChI=1S/C12H13Cl2NO4S/c1-19-5-9(12(17)18)15-11(16)6-3-10(20-2)8(14)4-7(6)13/h3-4,9H,5H2,1-2H3,(H,15,16)(H,17,18). The summed E-state index contributed by atoms with van der Waals surface area (Å²) in [5.74, 6) is -1.78. The van der Waals surface area contributed by atoms with Crippen molar-refractivity contribution in [2.24, 2.45) is 0 Å². The van der Waals surface area contributed by atoms with E-state index in [-0.39, 0.29) is 17.2 Å². The lowest BCUT2D eigenvalue weighted by Crippen LogP contribution is -2.43. The largest absolute Gasteiger partial charge is 0.480 e. The smallest absolute Gasteiger partial charge is 0.328 e. The zero-order chi connectivity index (χ0) is 15.3. The van der Waals surface area contributed by atoms with Crippen LogP contribution in [0.5, 0.6) is 0 Å². The van der Waals surface area contributed by atoms with Crippen LogP contribution in [0.25, 0.3) is 0 Å². The molecule has 1 aromatic rings. The van der Waals surface area contributed by atoms with Crippen molar-refractivity contribution in [3.63, 3.8) is 0 Å². The summed E-state index contributed by atoms with van der Waals surface area (Å²) >= 11 is 13.3. The van der Waals surface area contributed by atoms with Crippen LogP contribution < -0.4 is 5.32 Å². The summed E-state index contributed by atoms with van der Waals surface area (Å²) in [6.45, 7) is -0.137. The molecule has 0 heterocycles. The van der Waals surface area contributed by atoms with E-state index in [0.717, 1.165) is 0 Å². The van der Waals surface area contributed by atoms with E-state index in [0.29, 0.717) is 9.92 Å². The van der Waals surface area contributed by atoms with Crippen LogP contribution in [0, 0.1) is 0 Å². The number of nitrogens with one attached hydrogen (secondary N) is 1. The lowest BCUT2D eigenvalue weighted by molar-refractivity contribution is -0.140. The summed E-state index contributed by atoms with van der Waals surface area (Å²) in [6, 6.07) is 1.84. The van der Waals surface area contributed by atoms with Crippen LogP contribution in [0.1, 0.15) is 10.4 Å². The number of carboxylic acids is 1. The lowest BCUT2D eigenvalue weighted by atomic mass is 10.2. The van der Waals surface area contributed by atoms with E-state index >= 15 is 0 Å². The Morgan fingerprint density at radius 1 is 1.40 bits per heavy atom. The van der Waals surface area contributed by atoms with Gasteiger partial charge >= 0.3 is 5.97 Å². The van der Waals surface area contributed by atoms with Crippen molar-refractivity contribution >= 4 is 46.8 Å². The fourth-order valence-corrected chi connectivity index (χ4v) is 2.63. The second-order valence-electron chi connectivity index (χ2n) is 3.79. The van der Waals surface area contributed by atoms with Crippen molar-refractivity contribution in [3.05, 3.63) is 27.7 Å². The summed E-state index contributed by atoms with van der Waals surface area (Å²) in [4.78, 5) is 23.7. The van der Waals surface area contributed by atoms with Crippen molar-refractivity contribution < 1.29 is 19.4 Å². The average molecular weight is 338 g/mol. The van der Waals surface area contributed by atoms with E-state index in [1.54, 1.807) is 0 Å². The predicted octanol–water partition coefficient (Wildman–Crippen LogP) is 2.54. The van der Waals surface area contributed by atoms with Gasteiger partial charge in [0.25, 0.3) is 5.91 Å². The molecule has 5 nitrogen and oxygen atoms in total. The van der Waals surface area contributed by atoms with Crippen molar-refractivity contribution in [1.82, 2.24) is 5.32 Å².